The molecule has 0 atom stereocenters. The summed E-state index contributed by atoms with van der Waals surface area (Å²) in [4.78, 5) is 52.0. The third-order valence-corrected chi connectivity index (χ3v) is 6.85. The summed E-state index contributed by atoms with van der Waals surface area (Å²) in [6.07, 6.45) is 1.38. The molecule has 3 aromatic carbocycles. The molecule has 1 fully saturated rings. The van der Waals surface area contributed by atoms with Gasteiger partial charge in [-0.15, -0.1) is 0 Å². The van der Waals surface area contributed by atoms with Crippen LogP contribution in [0.25, 0.3) is 6.08 Å². The number of barbiturate groups is 1. The Labute approximate surface area is 240 Å². The highest BCUT2D eigenvalue weighted by Gasteiger charge is 2.37. The fourth-order valence-electron chi connectivity index (χ4n) is 4.03. The minimum atomic E-state index is -0.820. The van der Waals surface area contributed by atoms with Gasteiger partial charge in [0.2, 0.25) is 0 Å². The summed E-state index contributed by atoms with van der Waals surface area (Å²) in [5.41, 5.74) is 4.08. The lowest BCUT2D eigenvalue weighted by molar-refractivity contribution is -0.122. The van der Waals surface area contributed by atoms with Crippen LogP contribution in [-0.4, -0.2) is 37.0 Å². The number of benzene rings is 3. The van der Waals surface area contributed by atoms with Crippen molar-refractivity contribution in [1.82, 2.24) is 5.32 Å². The number of carbonyl (C=O) groups excluding carboxylic acids is 4. The Morgan fingerprint density at radius 3 is 2.42 bits per heavy atom. The molecule has 0 unspecified atom stereocenters. The second-order valence-electron chi connectivity index (χ2n) is 9.14. The molecule has 4 rings (SSSR count). The number of halogens is 1. The molecule has 0 saturated carbocycles. The van der Waals surface area contributed by atoms with Crippen LogP contribution >= 0.6 is 15.9 Å². The predicted molar refractivity (Wildman–Crippen MR) is 156 cm³/mol. The van der Waals surface area contributed by atoms with Gasteiger partial charge in [-0.2, -0.15) is 0 Å². The van der Waals surface area contributed by atoms with Crippen LogP contribution in [0.5, 0.6) is 11.5 Å². The van der Waals surface area contributed by atoms with Gasteiger partial charge in [-0.1, -0.05) is 24.3 Å². The Hall–Kier alpha value is -4.44. The first kappa shape index (κ1) is 28.6. The smallest absolute Gasteiger partial charge is 0.335 e. The van der Waals surface area contributed by atoms with Gasteiger partial charge in [0.05, 0.1) is 16.8 Å². The van der Waals surface area contributed by atoms with Crippen LogP contribution in [0.2, 0.25) is 0 Å². The van der Waals surface area contributed by atoms with Crippen molar-refractivity contribution in [1.29, 1.82) is 0 Å². The molecule has 9 nitrogen and oxygen atoms in total. The standard InChI is InChI=1S/C30H28BrN3O6/c1-5-39-25-15-20(14-23(31)27(25)40-16-26(35)32-24-9-7-6-8-18(24)3)13-22-28(36)33-30(38)34(29(22)37)21-11-10-17(2)19(4)12-21/h6-15H,5,16H2,1-4H3,(H,32,35)(H,33,36,38)/b22-13-. The molecule has 0 aliphatic carbocycles. The number of anilines is 2. The van der Waals surface area contributed by atoms with Crippen LogP contribution in [0.3, 0.4) is 0 Å². The normalized spacial score (nSPS) is 14.3. The van der Waals surface area contributed by atoms with E-state index in [2.05, 4.69) is 26.6 Å². The Bertz CT molecular complexity index is 1550. The zero-order chi connectivity index (χ0) is 29.0. The maximum absolute atomic E-state index is 13.3. The van der Waals surface area contributed by atoms with Crippen molar-refractivity contribution in [2.24, 2.45) is 0 Å². The average molecular weight is 606 g/mol. The van der Waals surface area contributed by atoms with Crippen LogP contribution in [0.15, 0.2) is 64.6 Å². The summed E-state index contributed by atoms with van der Waals surface area (Å²) in [6, 6.07) is 15.0. The lowest BCUT2D eigenvalue weighted by Gasteiger charge is -2.27. The summed E-state index contributed by atoms with van der Waals surface area (Å²) in [5, 5.41) is 5.04. The summed E-state index contributed by atoms with van der Waals surface area (Å²) in [5.74, 6) is -1.32. The Balaban J connectivity index is 1.59. The quantitative estimate of drug-likeness (QED) is 0.260. The lowest BCUT2D eigenvalue weighted by Crippen LogP contribution is -2.54. The number of ether oxygens (including phenoxy) is 2. The first-order valence-electron chi connectivity index (χ1n) is 12.5. The molecule has 1 saturated heterocycles. The van der Waals surface area contributed by atoms with E-state index in [1.165, 1.54) is 6.08 Å². The second-order valence-corrected chi connectivity index (χ2v) is 10.00. The number of hydrogen-bond acceptors (Lipinski definition) is 6. The number of urea groups is 1. The molecule has 206 valence electrons. The fourth-order valence-corrected chi connectivity index (χ4v) is 4.61. The van der Waals surface area contributed by atoms with E-state index in [1.54, 1.807) is 43.3 Å². The summed E-state index contributed by atoms with van der Waals surface area (Å²) >= 11 is 3.45. The van der Waals surface area contributed by atoms with Gasteiger partial charge in [-0.05, 0) is 102 Å². The highest BCUT2D eigenvalue weighted by molar-refractivity contribution is 9.10. The van der Waals surface area contributed by atoms with Gasteiger partial charge < -0.3 is 14.8 Å². The molecular formula is C30H28BrN3O6. The van der Waals surface area contributed by atoms with E-state index in [-0.39, 0.29) is 23.8 Å². The molecular weight excluding hydrogens is 578 g/mol. The molecule has 10 heteroatoms. The number of nitrogens with one attached hydrogen (secondary N) is 2. The SMILES string of the molecule is CCOc1cc(/C=C2/C(=O)NC(=O)N(c3ccc(C)c(C)c3)C2=O)cc(Br)c1OCC(=O)Nc1ccccc1C. The van der Waals surface area contributed by atoms with Crippen LogP contribution in [0, 0.1) is 20.8 Å². The monoisotopic (exact) mass is 605 g/mol. The Kier molecular flexibility index (Phi) is 8.69. The van der Waals surface area contributed by atoms with Crippen molar-refractivity contribution in [3.8, 4) is 11.5 Å². The molecule has 0 radical (unpaired) electrons. The van der Waals surface area contributed by atoms with Gasteiger partial charge in [0.25, 0.3) is 17.7 Å². The minimum Gasteiger partial charge on any atom is -0.490 e. The van der Waals surface area contributed by atoms with E-state index in [9.17, 15) is 19.2 Å². The zero-order valence-corrected chi connectivity index (χ0v) is 24.0. The summed E-state index contributed by atoms with van der Waals surface area (Å²) in [7, 11) is 0. The molecule has 1 aliphatic rings. The predicted octanol–water partition coefficient (Wildman–Crippen LogP) is 5.46. The largest absolute Gasteiger partial charge is 0.490 e. The zero-order valence-electron chi connectivity index (χ0n) is 22.5. The number of aryl methyl sites for hydroxylation is 3. The van der Waals surface area contributed by atoms with Gasteiger partial charge in [0.15, 0.2) is 18.1 Å². The van der Waals surface area contributed by atoms with E-state index in [1.807, 2.05) is 39.0 Å². The van der Waals surface area contributed by atoms with Crippen LogP contribution in [0.4, 0.5) is 16.2 Å². The molecule has 0 spiro atoms. The molecule has 0 aromatic heterocycles. The second kappa shape index (κ2) is 12.2. The molecule has 3 aromatic rings. The van der Waals surface area contributed by atoms with Crippen molar-refractivity contribution in [2.75, 3.05) is 23.4 Å². The van der Waals surface area contributed by atoms with Crippen LogP contribution < -0.4 is 25.0 Å². The van der Waals surface area contributed by atoms with Gasteiger partial charge in [0, 0.05) is 5.69 Å². The number of rotatable bonds is 8. The van der Waals surface area contributed by atoms with Crippen molar-refractivity contribution in [2.45, 2.75) is 27.7 Å². The third-order valence-electron chi connectivity index (χ3n) is 6.26. The van der Waals surface area contributed by atoms with E-state index in [4.69, 9.17) is 9.47 Å². The summed E-state index contributed by atoms with van der Waals surface area (Å²) < 4.78 is 12.0. The number of para-hydroxylation sites is 1. The van der Waals surface area contributed by atoms with Gasteiger partial charge in [-0.3, -0.25) is 19.7 Å². The van der Waals surface area contributed by atoms with Gasteiger partial charge >= 0.3 is 6.03 Å². The number of hydrogen-bond donors (Lipinski definition) is 2. The summed E-state index contributed by atoms with van der Waals surface area (Å²) in [6.45, 7) is 7.49. The maximum atomic E-state index is 13.3. The van der Waals surface area contributed by atoms with Gasteiger partial charge in [0.1, 0.15) is 5.57 Å². The Morgan fingerprint density at radius 1 is 0.975 bits per heavy atom. The van der Waals surface area contributed by atoms with Crippen molar-refractivity contribution >= 4 is 57.1 Å². The topological polar surface area (TPSA) is 114 Å². The van der Waals surface area contributed by atoms with E-state index >= 15 is 0 Å². The minimum absolute atomic E-state index is 0.224. The third kappa shape index (κ3) is 6.23. The van der Waals surface area contributed by atoms with Crippen molar-refractivity contribution < 1.29 is 28.7 Å². The van der Waals surface area contributed by atoms with Gasteiger partial charge in [-0.25, -0.2) is 9.69 Å². The first-order chi connectivity index (χ1) is 19.1. The van der Waals surface area contributed by atoms with Crippen LogP contribution in [-0.2, 0) is 14.4 Å². The fraction of sp³-hybridized carbons (Fsp3) is 0.200. The van der Waals surface area contributed by atoms with Crippen molar-refractivity contribution in [3.63, 3.8) is 0 Å². The number of amides is 5. The highest BCUT2D eigenvalue weighted by atomic mass is 79.9. The van der Waals surface area contributed by atoms with E-state index in [0.717, 1.165) is 21.6 Å². The Morgan fingerprint density at radius 2 is 1.73 bits per heavy atom. The van der Waals surface area contributed by atoms with Crippen molar-refractivity contribution in [3.05, 3.63) is 86.9 Å². The molecule has 1 aliphatic heterocycles. The first-order valence-corrected chi connectivity index (χ1v) is 13.3. The molecule has 0 bridgehead atoms. The molecule has 5 amide bonds. The van der Waals surface area contributed by atoms with E-state index < -0.39 is 17.8 Å². The molecule has 40 heavy (non-hydrogen) atoms. The number of nitrogens with zero attached hydrogens (tertiary/aromatic N) is 1. The van der Waals surface area contributed by atoms with Crippen LogP contribution in [0.1, 0.15) is 29.2 Å². The maximum Gasteiger partial charge on any atom is 0.335 e. The highest BCUT2D eigenvalue weighted by Crippen LogP contribution is 2.38. The van der Waals surface area contributed by atoms with E-state index in [0.29, 0.717) is 33.8 Å². The number of imide groups is 2. The lowest BCUT2D eigenvalue weighted by atomic mass is 10.0. The number of carbonyl (C=O) groups is 4. The molecule has 2 N–H and O–H groups in total. The average Bonchev–Trinajstić information content (AvgIpc) is 2.89. The molecule has 1 heterocycles.